The summed E-state index contributed by atoms with van der Waals surface area (Å²) in [6.07, 6.45) is -4.45. The lowest BCUT2D eigenvalue weighted by Crippen LogP contribution is -2.33. The Bertz CT molecular complexity index is 792. The zero-order chi connectivity index (χ0) is 19.3. The number of hydrogen-bond donors (Lipinski definition) is 1. The molecule has 0 aliphatic carbocycles. The molecule has 2 aromatic carbocycles. The lowest BCUT2D eigenvalue weighted by atomic mass is 10.1. The Morgan fingerprint density at radius 3 is 2.31 bits per heavy atom. The van der Waals surface area contributed by atoms with E-state index in [-0.39, 0.29) is 11.5 Å². The topological polar surface area (TPSA) is 49.4 Å². The Morgan fingerprint density at radius 1 is 1.08 bits per heavy atom. The molecule has 0 heterocycles. The van der Waals surface area contributed by atoms with Crippen LogP contribution in [0.4, 0.5) is 13.2 Å². The Balaban J connectivity index is 1.98. The van der Waals surface area contributed by atoms with Crippen LogP contribution in [0.15, 0.2) is 53.0 Å². The highest BCUT2D eigenvalue weighted by Gasteiger charge is 2.27. The average molecular weight is 429 g/mol. The highest BCUT2D eigenvalue weighted by molar-refractivity contribution is 9.10. The molecule has 2 aromatic rings. The van der Waals surface area contributed by atoms with Crippen molar-refractivity contribution in [2.24, 2.45) is 0 Å². The van der Waals surface area contributed by atoms with Crippen LogP contribution in [-0.2, 0) is 6.54 Å². The van der Waals surface area contributed by atoms with Crippen molar-refractivity contribution in [3.63, 3.8) is 0 Å². The van der Waals surface area contributed by atoms with Gasteiger partial charge in [0.25, 0.3) is 11.8 Å². The van der Waals surface area contributed by atoms with E-state index in [2.05, 4.69) is 15.9 Å². The van der Waals surface area contributed by atoms with Crippen LogP contribution in [0, 0.1) is 0 Å². The molecule has 0 radical (unpaired) electrons. The minimum atomic E-state index is -4.45. The molecule has 0 fully saturated rings. The molecule has 2 rings (SSSR count). The number of rotatable bonds is 5. The first-order valence-electron chi connectivity index (χ1n) is 7.60. The van der Waals surface area contributed by atoms with Crippen LogP contribution >= 0.6 is 15.9 Å². The number of amides is 2. The van der Waals surface area contributed by atoms with E-state index in [0.29, 0.717) is 12.1 Å². The van der Waals surface area contributed by atoms with Crippen molar-refractivity contribution in [2.45, 2.75) is 12.7 Å². The summed E-state index contributed by atoms with van der Waals surface area (Å²) in [6.45, 7) is -1.08. The lowest BCUT2D eigenvalue weighted by Gasteiger charge is -2.18. The molecule has 0 bridgehead atoms. The molecule has 0 atom stereocenters. The number of carbonyl (C=O) groups excluding carboxylic acids is 2. The van der Waals surface area contributed by atoms with Crippen molar-refractivity contribution in [1.29, 1.82) is 0 Å². The van der Waals surface area contributed by atoms with Gasteiger partial charge in [-0.05, 0) is 35.9 Å². The highest BCUT2D eigenvalue weighted by atomic mass is 79.9. The standard InChI is InChI=1S/C18H16BrF3N2O2/c1-24(17(26)14-3-2-4-15(19)9-14)10-12-5-7-13(8-6-12)16(25)23-11-18(20,21)22/h2-9H,10-11H2,1H3,(H,23,25). The van der Waals surface area contributed by atoms with Crippen molar-refractivity contribution in [3.8, 4) is 0 Å². The van der Waals surface area contributed by atoms with Crippen LogP contribution in [0.1, 0.15) is 26.3 Å². The SMILES string of the molecule is CN(Cc1ccc(C(=O)NCC(F)(F)F)cc1)C(=O)c1cccc(Br)c1. The van der Waals surface area contributed by atoms with Crippen LogP contribution in [0.2, 0.25) is 0 Å². The monoisotopic (exact) mass is 428 g/mol. The van der Waals surface area contributed by atoms with Gasteiger partial charge >= 0.3 is 6.18 Å². The van der Waals surface area contributed by atoms with E-state index in [1.165, 1.54) is 17.0 Å². The number of hydrogen-bond acceptors (Lipinski definition) is 2. The van der Waals surface area contributed by atoms with E-state index < -0.39 is 18.6 Å². The van der Waals surface area contributed by atoms with E-state index in [4.69, 9.17) is 0 Å². The number of nitrogens with one attached hydrogen (secondary N) is 1. The summed E-state index contributed by atoms with van der Waals surface area (Å²) >= 11 is 3.31. The zero-order valence-electron chi connectivity index (χ0n) is 13.8. The van der Waals surface area contributed by atoms with Crippen molar-refractivity contribution in [2.75, 3.05) is 13.6 Å². The van der Waals surface area contributed by atoms with E-state index in [0.717, 1.165) is 10.0 Å². The number of halogens is 4. The molecule has 138 valence electrons. The third-order valence-electron chi connectivity index (χ3n) is 3.50. The van der Waals surface area contributed by atoms with Crippen LogP contribution in [0.3, 0.4) is 0 Å². The van der Waals surface area contributed by atoms with Gasteiger partial charge in [0.1, 0.15) is 6.54 Å². The second-order valence-corrected chi connectivity index (χ2v) is 6.58. The summed E-state index contributed by atoms with van der Waals surface area (Å²) in [5, 5.41) is 1.81. The predicted octanol–water partition coefficient (Wildman–Crippen LogP) is 4.01. The van der Waals surface area contributed by atoms with Crippen LogP contribution < -0.4 is 5.32 Å². The van der Waals surface area contributed by atoms with E-state index in [1.54, 1.807) is 37.4 Å². The average Bonchev–Trinajstić information content (AvgIpc) is 2.59. The van der Waals surface area contributed by atoms with Crippen molar-refractivity contribution >= 4 is 27.7 Å². The summed E-state index contributed by atoms with van der Waals surface area (Å²) in [5.74, 6) is -0.967. The molecule has 26 heavy (non-hydrogen) atoms. The second kappa shape index (κ2) is 8.35. The lowest BCUT2D eigenvalue weighted by molar-refractivity contribution is -0.123. The van der Waals surface area contributed by atoms with Gasteiger partial charge in [0, 0.05) is 29.2 Å². The van der Waals surface area contributed by atoms with Crippen LogP contribution in [0.25, 0.3) is 0 Å². The fraction of sp³-hybridized carbons (Fsp3) is 0.222. The number of alkyl halides is 3. The van der Waals surface area contributed by atoms with Crippen LogP contribution in [-0.4, -0.2) is 36.5 Å². The first kappa shape index (κ1) is 20.0. The molecule has 4 nitrogen and oxygen atoms in total. The summed E-state index contributed by atoms with van der Waals surface area (Å²) in [7, 11) is 1.65. The maximum atomic E-state index is 12.4. The Morgan fingerprint density at radius 2 is 1.73 bits per heavy atom. The third-order valence-corrected chi connectivity index (χ3v) is 4.00. The van der Waals surface area contributed by atoms with Gasteiger partial charge in [0.15, 0.2) is 0 Å². The minimum Gasteiger partial charge on any atom is -0.343 e. The quantitative estimate of drug-likeness (QED) is 0.781. The molecule has 8 heteroatoms. The number of benzene rings is 2. The van der Waals surface area contributed by atoms with Crippen LogP contribution in [0.5, 0.6) is 0 Å². The molecule has 1 N–H and O–H groups in total. The fourth-order valence-electron chi connectivity index (χ4n) is 2.23. The Labute approximate surface area is 157 Å². The van der Waals surface area contributed by atoms with E-state index >= 15 is 0 Å². The summed E-state index contributed by atoms with van der Waals surface area (Å²) in [6, 6.07) is 13.1. The number of nitrogens with zero attached hydrogens (tertiary/aromatic N) is 1. The van der Waals surface area contributed by atoms with Gasteiger partial charge in [-0.25, -0.2) is 0 Å². The van der Waals surface area contributed by atoms with Crippen molar-refractivity contribution < 1.29 is 22.8 Å². The smallest absolute Gasteiger partial charge is 0.343 e. The molecule has 0 aromatic heterocycles. The fourth-order valence-corrected chi connectivity index (χ4v) is 2.63. The third kappa shape index (κ3) is 5.87. The highest BCUT2D eigenvalue weighted by Crippen LogP contribution is 2.15. The normalized spacial score (nSPS) is 11.1. The molecule has 0 spiro atoms. The van der Waals surface area contributed by atoms with Gasteiger partial charge < -0.3 is 10.2 Å². The second-order valence-electron chi connectivity index (χ2n) is 5.67. The van der Waals surface area contributed by atoms with E-state index in [9.17, 15) is 22.8 Å². The van der Waals surface area contributed by atoms with Crippen molar-refractivity contribution in [3.05, 3.63) is 69.7 Å². The van der Waals surface area contributed by atoms with Gasteiger partial charge in [-0.2, -0.15) is 13.2 Å². The maximum absolute atomic E-state index is 12.4. The molecule has 0 unspecified atom stereocenters. The summed E-state index contributed by atoms with van der Waals surface area (Å²) in [4.78, 5) is 25.6. The molecule has 2 amide bonds. The Hall–Kier alpha value is -2.35. The summed E-state index contributed by atoms with van der Waals surface area (Å²) in [5.41, 5.74) is 1.41. The van der Waals surface area contributed by atoms with Crippen molar-refractivity contribution in [1.82, 2.24) is 10.2 Å². The molecule has 0 aliphatic rings. The van der Waals surface area contributed by atoms with Gasteiger partial charge in [-0.15, -0.1) is 0 Å². The first-order chi connectivity index (χ1) is 12.2. The summed E-state index contributed by atoms with van der Waals surface area (Å²) < 4.78 is 37.2. The molecule has 0 saturated carbocycles. The Kier molecular flexibility index (Phi) is 6.42. The number of carbonyl (C=O) groups is 2. The molecular formula is C18H16BrF3N2O2. The van der Waals surface area contributed by atoms with Gasteiger partial charge in [-0.1, -0.05) is 34.1 Å². The van der Waals surface area contributed by atoms with Gasteiger partial charge in [-0.3, -0.25) is 9.59 Å². The first-order valence-corrected chi connectivity index (χ1v) is 8.40. The molecule has 0 aliphatic heterocycles. The molecule has 0 saturated heterocycles. The predicted molar refractivity (Wildman–Crippen MR) is 94.8 cm³/mol. The maximum Gasteiger partial charge on any atom is 0.405 e. The zero-order valence-corrected chi connectivity index (χ0v) is 15.4. The largest absolute Gasteiger partial charge is 0.405 e. The van der Waals surface area contributed by atoms with Gasteiger partial charge in [0.05, 0.1) is 0 Å². The van der Waals surface area contributed by atoms with E-state index in [1.807, 2.05) is 11.4 Å². The van der Waals surface area contributed by atoms with Gasteiger partial charge in [0.2, 0.25) is 0 Å². The minimum absolute atomic E-state index is 0.124. The molecular weight excluding hydrogens is 413 g/mol.